The van der Waals surface area contributed by atoms with Gasteiger partial charge >= 0.3 is 12.0 Å². The van der Waals surface area contributed by atoms with Gasteiger partial charge in [0.2, 0.25) is 11.8 Å². The van der Waals surface area contributed by atoms with Crippen LogP contribution in [0.1, 0.15) is 57.2 Å². The molecule has 0 bridgehead atoms. The lowest BCUT2D eigenvalue weighted by molar-refractivity contribution is -0.142. The Morgan fingerprint density at radius 2 is 1.60 bits per heavy atom. The van der Waals surface area contributed by atoms with E-state index in [0.29, 0.717) is 25.2 Å². The fraction of sp³-hybridized carbons (Fsp3) is 0.500. The molecule has 0 spiro atoms. The number of imidazole rings is 1. The van der Waals surface area contributed by atoms with Crippen LogP contribution in [0.3, 0.4) is 0 Å². The molecule has 4 amide bonds. The van der Waals surface area contributed by atoms with Crippen molar-refractivity contribution in [2.24, 2.45) is 5.92 Å². The Morgan fingerprint density at radius 3 is 2.26 bits per heavy atom. The second-order valence-corrected chi connectivity index (χ2v) is 11.3. The van der Waals surface area contributed by atoms with E-state index in [2.05, 4.69) is 30.9 Å². The van der Waals surface area contributed by atoms with Gasteiger partial charge in [-0.05, 0) is 36.8 Å². The lowest BCUT2D eigenvalue weighted by atomic mass is 10.0. The molecule has 12 nitrogen and oxygen atoms in total. The van der Waals surface area contributed by atoms with Gasteiger partial charge in [0.25, 0.3) is 0 Å². The first-order chi connectivity index (χ1) is 20.2. The Hall–Kier alpha value is -4.35. The van der Waals surface area contributed by atoms with Crippen LogP contribution in [-0.2, 0) is 27.2 Å². The molecule has 1 aromatic carbocycles. The fourth-order valence-electron chi connectivity index (χ4n) is 5.31. The number of aliphatic carboxylic acids is 1. The molecule has 0 aliphatic carbocycles. The third-order valence-electron chi connectivity index (χ3n) is 7.54. The van der Waals surface area contributed by atoms with Crippen LogP contribution in [0.2, 0.25) is 0 Å². The van der Waals surface area contributed by atoms with E-state index in [-0.39, 0.29) is 24.8 Å². The number of aromatic amines is 2. The minimum Gasteiger partial charge on any atom is -0.480 e. The molecule has 0 radical (unpaired) electrons. The van der Waals surface area contributed by atoms with Gasteiger partial charge in [0, 0.05) is 54.9 Å². The van der Waals surface area contributed by atoms with E-state index in [1.165, 1.54) is 12.5 Å². The van der Waals surface area contributed by atoms with Crippen LogP contribution < -0.4 is 16.0 Å². The highest BCUT2D eigenvalue weighted by Gasteiger charge is 2.31. The molecule has 1 aliphatic rings. The number of nitrogens with zero attached hydrogens (tertiary/aromatic N) is 2. The van der Waals surface area contributed by atoms with Gasteiger partial charge < -0.3 is 35.9 Å². The molecule has 6 N–H and O–H groups in total. The molecule has 4 rings (SSSR count). The predicted molar refractivity (Wildman–Crippen MR) is 158 cm³/mol. The summed E-state index contributed by atoms with van der Waals surface area (Å²) in [7, 11) is 0. The summed E-state index contributed by atoms with van der Waals surface area (Å²) in [6.45, 7) is 5.20. The number of amides is 4. The number of para-hydroxylation sites is 1. The van der Waals surface area contributed by atoms with Gasteiger partial charge in [0.15, 0.2) is 0 Å². The van der Waals surface area contributed by atoms with Crippen molar-refractivity contribution < 1.29 is 24.3 Å². The molecule has 226 valence electrons. The number of rotatable bonds is 12. The van der Waals surface area contributed by atoms with Crippen LogP contribution >= 0.6 is 0 Å². The number of hydrogen-bond donors (Lipinski definition) is 6. The van der Waals surface area contributed by atoms with Crippen LogP contribution in [0, 0.1) is 5.92 Å². The Kier molecular flexibility index (Phi) is 10.6. The Bertz CT molecular complexity index is 1350. The molecule has 1 saturated heterocycles. The van der Waals surface area contributed by atoms with Crippen LogP contribution in [0.25, 0.3) is 10.9 Å². The maximum atomic E-state index is 13.7. The van der Waals surface area contributed by atoms with Crippen LogP contribution in [0.15, 0.2) is 43.0 Å². The number of carboxylic acid groups (broad SMARTS) is 1. The number of carboxylic acids is 1. The minimum absolute atomic E-state index is 0.00328. The summed E-state index contributed by atoms with van der Waals surface area (Å²) in [6, 6.07) is 4.12. The van der Waals surface area contributed by atoms with Crippen molar-refractivity contribution in [3.05, 3.63) is 54.2 Å². The molecule has 1 aliphatic heterocycles. The van der Waals surface area contributed by atoms with E-state index < -0.39 is 35.9 Å². The van der Waals surface area contributed by atoms with E-state index in [4.69, 9.17) is 0 Å². The number of carbonyl (C=O) groups is 4. The number of aromatic nitrogens is 3. The normalized spacial score (nSPS) is 15.9. The lowest BCUT2D eigenvalue weighted by Crippen LogP contribution is -2.58. The summed E-state index contributed by atoms with van der Waals surface area (Å²) in [5.74, 6) is -2.25. The smallest absolute Gasteiger partial charge is 0.326 e. The lowest BCUT2D eigenvalue weighted by Gasteiger charge is -2.28. The molecule has 3 unspecified atom stereocenters. The average Bonchev–Trinajstić information content (AvgIpc) is 3.53. The number of fused-ring (bicyclic) bond motifs is 1. The Labute approximate surface area is 245 Å². The van der Waals surface area contributed by atoms with Crippen molar-refractivity contribution in [1.29, 1.82) is 0 Å². The number of urea groups is 1. The van der Waals surface area contributed by atoms with Crippen molar-refractivity contribution in [2.45, 2.75) is 76.9 Å². The average molecular weight is 580 g/mol. The van der Waals surface area contributed by atoms with E-state index in [9.17, 15) is 24.3 Å². The van der Waals surface area contributed by atoms with Gasteiger partial charge in [-0.25, -0.2) is 14.6 Å². The van der Waals surface area contributed by atoms with Crippen molar-refractivity contribution in [1.82, 2.24) is 35.8 Å². The zero-order chi connectivity index (χ0) is 30.1. The summed E-state index contributed by atoms with van der Waals surface area (Å²) in [5, 5.41) is 19.0. The van der Waals surface area contributed by atoms with E-state index >= 15 is 0 Å². The SMILES string of the molecule is CC(C)CC(NC(=O)N1CCCCCC1)C(=O)NC(Cc1c[nH]c2ccccc12)C(=O)NC(Cc1cnc[nH]1)C(=O)O. The van der Waals surface area contributed by atoms with Gasteiger partial charge in [-0.3, -0.25) is 9.59 Å². The predicted octanol–water partition coefficient (Wildman–Crippen LogP) is 2.73. The Morgan fingerprint density at radius 1 is 0.905 bits per heavy atom. The summed E-state index contributed by atoms with van der Waals surface area (Å²) in [6.07, 6.45) is 9.19. The first-order valence-electron chi connectivity index (χ1n) is 14.6. The van der Waals surface area contributed by atoms with Crippen LogP contribution in [-0.4, -0.2) is 80.0 Å². The first kappa shape index (κ1) is 30.6. The minimum atomic E-state index is -1.24. The quantitative estimate of drug-likeness (QED) is 0.193. The van der Waals surface area contributed by atoms with E-state index in [1.807, 2.05) is 38.1 Å². The molecule has 2 aromatic heterocycles. The first-order valence-corrected chi connectivity index (χ1v) is 14.6. The zero-order valence-corrected chi connectivity index (χ0v) is 24.2. The molecule has 42 heavy (non-hydrogen) atoms. The van der Waals surface area contributed by atoms with E-state index in [1.54, 1.807) is 11.1 Å². The molecule has 3 heterocycles. The van der Waals surface area contributed by atoms with Gasteiger partial charge in [0.05, 0.1) is 6.33 Å². The van der Waals surface area contributed by atoms with Crippen LogP contribution in [0.4, 0.5) is 4.79 Å². The molecule has 3 aromatic rings. The molecular formula is C30H41N7O5. The molecule has 0 saturated carbocycles. The third-order valence-corrected chi connectivity index (χ3v) is 7.54. The highest BCUT2D eigenvalue weighted by atomic mass is 16.4. The van der Waals surface area contributed by atoms with Crippen LogP contribution in [0.5, 0.6) is 0 Å². The zero-order valence-electron chi connectivity index (χ0n) is 24.2. The number of benzene rings is 1. The molecule has 12 heteroatoms. The highest BCUT2D eigenvalue weighted by Crippen LogP contribution is 2.20. The Balaban J connectivity index is 1.54. The van der Waals surface area contributed by atoms with Gasteiger partial charge in [-0.15, -0.1) is 0 Å². The molecular weight excluding hydrogens is 538 g/mol. The molecule has 1 fully saturated rings. The standard InChI is InChI=1S/C30H41N7O5/c1-19(2)13-24(36-30(42)37-11-7-3-4-8-12-37)27(38)34-25(14-20-16-32-23-10-6-5-9-22(20)23)28(39)35-26(29(40)41)15-21-17-31-18-33-21/h5-6,9-10,16-19,24-26,32H,3-4,7-8,11-15H2,1-2H3,(H,31,33)(H,34,38)(H,35,39)(H,36,42)(H,40,41). The number of H-pyrrole nitrogens is 2. The van der Waals surface area contributed by atoms with Crippen molar-refractivity contribution in [2.75, 3.05) is 13.1 Å². The summed E-state index contributed by atoms with van der Waals surface area (Å²) < 4.78 is 0. The number of hydrogen-bond acceptors (Lipinski definition) is 5. The van der Waals surface area contributed by atoms with Crippen molar-refractivity contribution >= 4 is 34.7 Å². The van der Waals surface area contributed by atoms with Crippen molar-refractivity contribution in [3.8, 4) is 0 Å². The van der Waals surface area contributed by atoms with Crippen molar-refractivity contribution in [3.63, 3.8) is 0 Å². The number of likely N-dealkylation sites (tertiary alicyclic amines) is 1. The van der Waals surface area contributed by atoms with Gasteiger partial charge in [-0.2, -0.15) is 0 Å². The summed E-state index contributed by atoms with van der Waals surface area (Å²) in [5.41, 5.74) is 2.22. The van der Waals surface area contributed by atoms with Gasteiger partial charge in [-0.1, -0.05) is 44.9 Å². The summed E-state index contributed by atoms with van der Waals surface area (Å²) >= 11 is 0. The summed E-state index contributed by atoms with van der Waals surface area (Å²) in [4.78, 5) is 64.1. The number of carbonyl (C=O) groups excluding carboxylic acids is 3. The molecule has 3 atom stereocenters. The maximum Gasteiger partial charge on any atom is 0.326 e. The fourth-order valence-corrected chi connectivity index (χ4v) is 5.31. The van der Waals surface area contributed by atoms with Gasteiger partial charge in [0.1, 0.15) is 18.1 Å². The third kappa shape index (κ3) is 8.34. The second kappa shape index (κ2) is 14.5. The second-order valence-electron chi connectivity index (χ2n) is 11.3. The largest absolute Gasteiger partial charge is 0.480 e. The topological polar surface area (TPSA) is 172 Å². The monoisotopic (exact) mass is 579 g/mol. The van der Waals surface area contributed by atoms with E-state index in [0.717, 1.165) is 42.1 Å². The number of nitrogens with one attached hydrogen (secondary N) is 5. The highest BCUT2D eigenvalue weighted by molar-refractivity contribution is 5.94. The maximum absolute atomic E-state index is 13.7.